The molecule has 0 aliphatic carbocycles. The molecule has 21 heavy (non-hydrogen) atoms. The zero-order valence-corrected chi connectivity index (χ0v) is 13.3. The van der Waals surface area contributed by atoms with Crippen molar-refractivity contribution in [3.63, 3.8) is 0 Å². The van der Waals surface area contributed by atoms with Crippen molar-refractivity contribution in [1.82, 2.24) is 20.0 Å². The molecule has 0 saturated carbocycles. The number of amides is 2. The Bertz CT molecular complexity index is 361. The van der Waals surface area contributed by atoms with Crippen LogP contribution in [0.5, 0.6) is 0 Å². The van der Waals surface area contributed by atoms with E-state index in [2.05, 4.69) is 17.3 Å². The van der Waals surface area contributed by atoms with Crippen LogP contribution < -0.4 is 5.32 Å². The molecule has 0 radical (unpaired) electrons. The molecule has 2 amide bonds. The van der Waals surface area contributed by atoms with E-state index in [0.29, 0.717) is 0 Å². The number of hydrogen-bond acceptors (Lipinski definition) is 4. The van der Waals surface area contributed by atoms with Crippen LogP contribution in [-0.2, 0) is 9.59 Å². The van der Waals surface area contributed by atoms with E-state index in [-0.39, 0.29) is 24.4 Å². The van der Waals surface area contributed by atoms with E-state index in [1.807, 2.05) is 16.7 Å². The minimum Gasteiger partial charge on any atom is -0.341 e. The van der Waals surface area contributed by atoms with Crippen LogP contribution in [0, 0.1) is 0 Å². The maximum absolute atomic E-state index is 12.3. The second-order valence-corrected chi connectivity index (χ2v) is 6.17. The third-order valence-electron chi connectivity index (χ3n) is 4.45. The van der Waals surface area contributed by atoms with Crippen molar-refractivity contribution in [2.75, 3.05) is 52.9 Å². The van der Waals surface area contributed by atoms with Gasteiger partial charge in [-0.25, -0.2) is 0 Å². The van der Waals surface area contributed by atoms with Crippen molar-refractivity contribution >= 4 is 11.8 Å². The standard InChI is InChI=1S/C15H28N4O2/c1-13(15(21)19-6-4-3-5-7-19)16-12-14(20)18-10-8-17(2)9-11-18/h13,16H,3-12H2,1-2H3. The molecule has 2 fully saturated rings. The summed E-state index contributed by atoms with van der Waals surface area (Å²) in [4.78, 5) is 30.4. The highest BCUT2D eigenvalue weighted by atomic mass is 16.2. The van der Waals surface area contributed by atoms with Crippen molar-refractivity contribution in [1.29, 1.82) is 0 Å². The first-order chi connectivity index (χ1) is 10.1. The van der Waals surface area contributed by atoms with E-state index in [0.717, 1.165) is 52.1 Å². The van der Waals surface area contributed by atoms with Gasteiger partial charge in [-0.3, -0.25) is 14.9 Å². The minimum atomic E-state index is -0.278. The number of likely N-dealkylation sites (N-methyl/N-ethyl adjacent to an activating group) is 1. The van der Waals surface area contributed by atoms with Crippen molar-refractivity contribution < 1.29 is 9.59 Å². The Morgan fingerprint density at radius 1 is 0.952 bits per heavy atom. The molecule has 1 unspecified atom stereocenters. The number of piperidine rings is 1. The van der Waals surface area contributed by atoms with Gasteiger partial charge in [-0.2, -0.15) is 0 Å². The first kappa shape index (κ1) is 16.2. The Hall–Kier alpha value is -1.14. The number of piperazine rings is 1. The normalized spacial score (nSPS) is 22.2. The predicted molar refractivity (Wildman–Crippen MR) is 82.0 cm³/mol. The van der Waals surface area contributed by atoms with Gasteiger partial charge in [0, 0.05) is 39.3 Å². The third-order valence-corrected chi connectivity index (χ3v) is 4.45. The molecule has 2 heterocycles. The summed E-state index contributed by atoms with van der Waals surface area (Å²) in [5.41, 5.74) is 0. The summed E-state index contributed by atoms with van der Waals surface area (Å²) in [5, 5.41) is 3.09. The van der Waals surface area contributed by atoms with E-state index in [1.54, 1.807) is 0 Å². The van der Waals surface area contributed by atoms with E-state index in [4.69, 9.17) is 0 Å². The number of rotatable bonds is 4. The molecule has 2 aliphatic heterocycles. The Kier molecular flexibility index (Phi) is 5.99. The largest absolute Gasteiger partial charge is 0.341 e. The second-order valence-electron chi connectivity index (χ2n) is 6.17. The predicted octanol–water partition coefficient (Wildman–Crippen LogP) is -0.249. The Labute approximate surface area is 127 Å². The second kappa shape index (κ2) is 7.75. The molecule has 2 aliphatic rings. The smallest absolute Gasteiger partial charge is 0.239 e. The molecule has 1 atom stereocenters. The average molecular weight is 296 g/mol. The SMILES string of the molecule is CC(NCC(=O)N1CCN(C)CC1)C(=O)N1CCCCC1. The first-order valence-corrected chi connectivity index (χ1v) is 8.06. The van der Waals surface area contributed by atoms with E-state index in [1.165, 1.54) is 6.42 Å². The number of nitrogens with zero attached hydrogens (tertiary/aromatic N) is 3. The maximum atomic E-state index is 12.3. The van der Waals surface area contributed by atoms with Gasteiger partial charge in [-0.1, -0.05) is 0 Å². The van der Waals surface area contributed by atoms with Gasteiger partial charge in [0.2, 0.25) is 11.8 Å². The molecule has 0 aromatic heterocycles. The average Bonchev–Trinajstić information content (AvgIpc) is 2.53. The fourth-order valence-electron chi connectivity index (χ4n) is 2.88. The molecule has 2 rings (SSSR count). The zero-order chi connectivity index (χ0) is 15.2. The summed E-state index contributed by atoms with van der Waals surface area (Å²) in [6, 6.07) is -0.278. The van der Waals surface area contributed by atoms with Gasteiger partial charge in [0.25, 0.3) is 0 Å². The van der Waals surface area contributed by atoms with Gasteiger partial charge < -0.3 is 14.7 Å². The highest BCUT2D eigenvalue weighted by molar-refractivity contribution is 5.83. The topological polar surface area (TPSA) is 55.9 Å². The maximum Gasteiger partial charge on any atom is 0.239 e. The molecule has 6 nitrogen and oxygen atoms in total. The summed E-state index contributed by atoms with van der Waals surface area (Å²) in [5.74, 6) is 0.224. The van der Waals surface area contributed by atoms with Crippen LogP contribution in [0.2, 0.25) is 0 Å². The lowest BCUT2D eigenvalue weighted by molar-refractivity contribution is -0.135. The summed E-state index contributed by atoms with van der Waals surface area (Å²) < 4.78 is 0. The van der Waals surface area contributed by atoms with Gasteiger partial charge in [0.15, 0.2) is 0 Å². The lowest BCUT2D eigenvalue weighted by atomic mass is 10.1. The quantitative estimate of drug-likeness (QED) is 0.777. The van der Waals surface area contributed by atoms with Crippen LogP contribution in [0.15, 0.2) is 0 Å². The molecule has 0 bridgehead atoms. The van der Waals surface area contributed by atoms with Crippen LogP contribution in [0.3, 0.4) is 0 Å². The van der Waals surface area contributed by atoms with Gasteiger partial charge in [0.05, 0.1) is 12.6 Å². The van der Waals surface area contributed by atoms with Gasteiger partial charge in [-0.05, 0) is 33.2 Å². The van der Waals surface area contributed by atoms with Crippen molar-refractivity contribution in [2.24, 2.45) is 0 Å². The zero-order valence-electron chi connectivity index (χ0n) is 13.3. The molecule has 0 aromatic rings. The number of carbonyl (C=O) groups excluding carboxylic acids is 2. The van der Waals surface area contributed by atoms with Crippen LogP contribution in [0.4, 0.5) is 0 Å². The first-order valence-electron chi connectivity index (χ1n) is 8.06. The fourth-order valence-corrected chi connectivity index (χ4v) is 2.88. The number of carbonyl (C=O) groups is 2. The van der Waals surface area contributed by atoms with Gasteiger partial charge in [-0.15, -0.1) is 0 Å². The number of hydrogen-bond donors (Lipinski definition) is 1. The van der Waals surface area contributed by atoms with Crippen molar-refractivity contribution in [3.05, 3.63) is 0 Å². The van der Waals surface area contributed by atoms with Gasteiger partial charge >= 0.3 is 0 Å². The minimum absolute atomic E-state index is 0.0985. The lowest BCUT2D eigenvalue weighted by Gasteiger charge is -2.33. The van der Waals surface area contributed by atoms with Crippen LogP contribution >= 0.6 is 0 Å². The van der Waals surface area contributed by atoms with Gasteiger partial charge in [0.1, 0.15) is 0 Å². The van der Waals surface area contributed by atoms with E-state index in [9.17, 15) is 9.59 Å². The monoisotopic (exact) mass is 296 g/mol. The molecule has 2 saturated heterocycles. The highest BCUT2D eigenvalue weighted by Crippen LogP contribution is 2.10. The molecule has 120 valence electrons. The third kappa shape index (κ3) is 4.68. The Balaban J connectivity index is 1.71. The Morgan fingerprint density at radius 3 is 2.19 bits per heavy atom. The molecular formula is C15H28N4O2. The van der Waals surface area contributed by atoms with Crippen LogP contribution in [0.1, 0.15) is 26.2 Å². The summed E-state index contributed by atoms with van der Waals surface area (Å²) >= 11 is 0. The molecule has 6 heteroatoms. The highest BCUT2D eigenvalue weighted by Gasteiger charge is 2.24. The summed E-state index contributed by atoms with van der Waals surface area (Å²) in [6.45, 7) is 7.24. The molecular weight excluding hydrogens is 268 g/mol. The number of nitrogens with one attached hydrogen (secondary N) is 1. The molecule has 0 aromatic carbocycles. The Morgan fingerprint density at radius 2 is 1.57 bits per heavy atom. The summed E-state index contributed by atoms with van der Waals surface area (Å²) in [7, 11) is 2.07. The molecule has 0 spiro atoms. The number of likely N-dealkylation sites (tertiary alicyclic amines) is 1. The van der Waals surface area contributed by atoms with Crippen molar-refractivity contribution in [3.8, 4) is 0 Å². The van der Waals surface area contributed by atoms with E-state index >= 15 is 0 Å². The lowest BCUT2D eigenvalue weighted by Crippen LogP contribution is -2.52. The van der Waals surface area contributed by atoms with Crippen molar-refractivity contribution in [2.45, 2.75) is 32.2 Å². The summed E-state index contributed by atoms with van der Waals surface area (Å²) in [6.07, 6.45) is 3.41. The molecule has 1 N–H and O–H groups in total. The van der Waals surface area contributed by atoms with E-state index < -0.39 is 0 Å². The fraction of sp³-hybridized carbons (Fsp3) is 0.867. The van der Waals surface area contributed by atoms with Crippen LogP contribution in [-0.4, -0.2) is 85.4 Å². The van der Waals surface area contributed by atoms with Crippen LogP contribution in [0.25, 0.3) is 0 Å².